The predicted octanol–water partition coefficient (Wildman–Crippen LogP) is 3.23. The molecule has 1 heterocycles. The highest BCUT2D eigenvalue weighted by Gasteiger charge is 2.09. The number of nitrogens with zero attached hydrogens (tertiary/aromatic N) is 1. The first-order valence-electron chi connectivity index (χ1n) is 4.22. The zero-order valence-electron chi connectivity index (χ0n) is 7.58. The van der Waals surface area contributed by atoms with Gasteiger partial charge >= 0.3 is 0 Å². The van der Waals surface area contributed by atoms with Crippen LogP contribution < -0.4 is 0 Å². The molecule has 0 saturated heterocycles. The summed E-state index contributed by atoms with van der Waals surface area (Å²) in [5.41, 5.74) is 0.580. The van der Waals surface area contributed by atoms with Gasteiger partial charge in [-0.15, -0.1) is 11.3 Å². The third-order valence-electron chi connectivity index (χ3n) is 1.95. The minimum Gasteiger partial charge on any atom is -0.508 e. The monoisotopic (exact) mass is 243 g/mol. The lowest BCUT2D eigenvalue weighted by atomic mass is 10.1. The molecule has 0 unspecified atom stereocenters. The number of benzene rings is 1. The van der Waals surface area contributed by atoms with Gasteiger partial charge < -0.3 is 5.11 Å². The van der Waals surface area contributed by atoms with Gasteiger partial charge in [0.1, 0.15) is 11.6 Å². The summed E-state index contributed by atoms with van der Waals surface area (Å²) in [6.07, 6.45) is 2.14. The average molecular weight is 244 g/mol. The number of phenols is 1. The summed E-state index contributed by atoms with van der Waals surface area (Å²) in [5, 5.41) is 12.2. The van der Waals surface area contributed by atoms with Crippen LogP contribution in [0.5, 0.6) is 5.75 Å². The van der Waals surface area contributed by atoms with Crippen molar-refractivity contribution in [3.63, 3.8) is 0 Å². The molecule has 2 rings (SSSR count). The van der Waals surface area contributed by atoms with Crippen LogP contribution in [0.15, 0.2) is 23.7 Å². The Morgan fingerprint density at radius 1 is 1.47 bits per heavy atom. The molecule has 0 aliphatic heterocycles. The molecule has 15 heavy (non-hydrogen) atoms. The van der Waals surface area contributed by atoms with E-state index in [-0.39, 0.29) is 10.8 Å². The first-order valence-corrected chi connectivity index (χ1v) is 5.48. The summed E-state index contributed by atoms with van der Waals surface area (Å²) < 4.78 is 12.9. The van der Waals surface area contributed by atoms with Crippen molar-refractivity contribution in [2.75, 3.05) is 0 Å². The highest BCUT2D eigenvalue weighted by atomic mass is 35.5. The van der Waals surface area contributed by atoms with Crippen molar-refractivity contribution in [1.29, 1.82) is 0 Å². The maximum Gasteiger partial charge on any atom is 0.145 e. The molecule has 1 aromatic carbocycles. The van der Waals surface area contributed by atoms with Gasteiger partial charge in [0.05, 0.1) is 10.0 Å². The molecule has 2 aromatic rings. The molecule has 0 aliphatic rings. The maximum atomic E-state index is 12.9. The zero-order valence-corrected chi connectivity index (χ0v) is 9.15. The Balaban J connectivity index is 2.33. The van der Waals surface area contributed by atoms with Crippen LogP contribution in [0.4, 0.5) is 4.39 Å². The lowest BCUT2D eigenvalue weighted by Crippen LogP contribution is -1.89. The van der Waals surface area contributed by atoms with E-state index in [4.69, 9.17) is 11.6 Å². The SMILES string of the molecule is Oc1cc(F)c(Cl)cc1Cc1nccs1. The largest absolute Gasteiger partial charge is 0.508 e. The van der Waals surface area contributed by atoms with Crippen LogP contribution in [0.3, 0.4) is 0 Å². The fourth-order valence-electron chi connectivity index (χ4n) is 1.22. The molecule has 1 aromatic heterocycles. The van der Waals surface area contributed by atoms with E-state index in [2.05, 4.69) is 4.98 Å². The van der Waals surface area contributed by atoms with Crippen molar-refractivity contribution in [1.82, 2.24) is 4.98 Å². The van der Waals surface area contributed by atoms with Gasteiger partial charge in [-0.2, -0.15) is 0 Å². The number of aromatic nitrogens is 1. The first kappa shape index (κ1) is 10.4. The third-order valence-corrected chi connectivity index (χ3v) is 3.02. The van der Waals surface area contributed by atoms with E-state index in [1.807, 2.05) is 5.38 Å². The Kier molecular flexibility index (Phi) is 2.88. The molecular weight excluding hydrogens is 237 g/mol. The Morgan fingerprint density at radius 2 is 2.27 bits per heavy atom. The predicted molar refractivity (Wildman–Crippen MR) is 58.0 cm³/mol. The molecule has 2 nitrogen and oxygen atoms in total. The Morgan fingerprint density at radius 3 is 2.93 bits per heavy atom. The first-order chi connectivity index (χ1) is 7.16. The summed E-state index contributed by atoms with van der Waals surface area (Å²) in [6.45, 7) is 0. The molecule has 78 valence electrons. The van der Waals surface area contributed by atoms with E-state index in [1.165, 1.54) is 17.4 Å². The molecule has 0 radical (unpaired) electrons. The second-order valence-electron chi connectivity index (χ2n) is 3.00. The van der Waals surface area contributed by atoms with Crippen molar-refractivity contribution in [2.45, 2.75) is 6.42 Å². The van der Waals surface area contributed by atoms with Crippen molar-refractivity contribution >= 4 is 22.9 Å². The van der Waals surface area contributed by atoms with Crippen molar-refractivity contribution in [3.8, 4) is 5.75 Å². The molecule has 0 bridgehead atoms. The van der Waals surface area contributed by atoms with Gasteiger partial charge in [0.25, 0.3) is 0 Å². The number of rotatable bonds is 2. The van der Waals surface area contributed by atoms with Crippen molar-refractivity contribution in [3.05, 3.63) is 45.1 Å². The Bertz CT molecular complexity index is 473. The molecule has 0 fully saturated rings. The van der Waals surface area contributed by atoms with E-state index in [9.17, 15) is 9.50 Å². The minimum absolute atomic E-state index is 0.0133. The fourth-order valence-corrected chi connectivity index (χ4v) is 2.05. The van der Waals surface area contributed by atoms with Crippen LogP contribution >= 0.6 is 22.9 Å². The van der Waals surface area contributed by atoms with Crippen LogP contribution in [0.25, 0.3) is 0 Å². The molecule has 0 atom stereocenters. The van der Waals surface area contributed by atoms with Gasteiger partial charge in [-0.3, -0.25) is 0 Å². The number of aromatic hydroxyl groups is 1. The van der Waals surface area contributed by atoms with Crippen LogP contribution in [-0.2, 0) is 6.42 Å². The molecule has 0 amide bonds. The molecule has 5 heteroatoms. The van der Waals surface area contributed by atoms with E-state index in [0.29, 0.717) is 12.0 Å². The minimum atomic E-state index is -0.614. The summed E-state index contributed by atoms with van der Waals surface area (Å²) >= 11 is 7.10. The van der Waals surface area contributed by atoms with Crippen LogP contribution in [0.2, 0.25) is 5.02 Å². The smallest absolute Gasteiger partial charge is 0.145 e. The fraction of sp³-hybridized carbons (Fsp3) is 0.100. The molecule has 1 N–H and O–H groups in total. The Hall–Kier alpha value is -1.13. The normalized spacial score (nSPS) is 10.5. The number of halogens is 2. The van der Waals surface area contributed by atoms with Crippen molar-refractivity contribution < 1.29 is 9.50 Å². The topological polar surface area (TPSA) is 33.1 Å². The highest BCUT2D eigenvalue weighted by molar-refractivity contribution is 7.09. The quantitative estimate of drug-likeness (QED) is 0.879. The summed E-state index contributed by atoms with van der Waals surface area (Å²) in [7, 11) is 0. The van der Waals surface area contributed by atoms with Gasteiger partial charge in [0.15, 0.2) is 0 Å². The Labute approximate surface area is 95.0 Å². The number of hydrogen-bond acceptors (Lipinski definition) is 3. The average Bonchev–Trinajstić information content (AvgIpc) is 2.67. The zero-order chi connectivity index (χ0) is 10.8. The number of thiazole rings is 1. The molecule has 0 saturated carbocycles. The van der Waals surface area contributed by atoms with Gasteiger partial charge in [0, 0.05) is 29.6 Å². The summed E-state index contributed by atoms with van der Waals surface area (Å²) in [4.78, 5) is 4.08. The van der Waals surface area contributed by atoms with Crippen molar-refractivity contribution in [2.24, 2.45) is 0 Å². The van der Waals surface area contributed by atoms with Gasteiger partial charge in [-0.05, 0) is 6.07 Å². The standard InChI is InChI=1S/C10H7ClFNOS/c11-7-3-6(9(14)5-8(7)12)4-10-13-1-2-15-10/h1-3,5,14H,4H2. The highest BCUT2D eigenvalue weighted by Crippen LogP contribution is 2.27. The second-order valence-corrected chi connectivity index (χ2v) is 4.38. The second kappa shape index (κ2) is 4.16. The van der Waals surface area contributed by atoms with Gasteiger partial charge in [-0.1, -0.05) is 11.6 Å². The van der Waals surface area contributed by atoms with Gasteiger partial charge in [0.2, 0.25) is 0 Å². The van der Waals surface area contributed by atoms with Crippen LogP contribution in [0, 0.1) is 5.82 Å². The molecular formula is C10H7ClFNOS. The maximum absolute atomic E-state index is 12.9. The lowest BCUT2D eigenvalue weighted by Gasteiger charge is -2.03. The van der Waals surface area contributed by atoms with E-state index >= 15 is 0 Å². The van der Waals surface area contributed by atoms with Gasteiger partial charge in [-0.25, -0.2) is 9.37 Å². The summed E-state index contributed by atoms with van der Waals surface area (Å²) in [6, 6.07) is 2.44. The lowest BCUT2D eigenvalue weighted by molar-refractivity contribution is 0.463. The van der Waals surface area contributed by atoms with Crippen LogP contribution in [-0.4, -0.2) is 10.1 Å². The van der Waals surface area contributed by atoms with E-state index in [1.54, 1.807) is 6.20 Å². The third kappa shape index (κ3) is 2.27. The molecule has 0 aliphatic carbocycles. The molecule has 0 spiro atoms. The van der Waals surface area contributed by atoms with E-state index < -0.39 is 5.82 Å². The summed E-state index contributed by atoms with van der Waals surface area (Å²) in [5.74, 6) is -0.704. The number of phenolic OH excluding ortho intramolecular Hbond substituents is 1. The van der Waals surface area contributed by atoms with E-state index in [0.717, 1.165) is 11.1 Å². The number of hydrogen-bond donors (Lipinski definition) is 1. The van der Waals surface area contributed by atoms with Crippen LogP contribution in [0.1, 0.15) is 10.6 Å².